The predicted octanol–water partition coefficient (Wildman–Crippen LogP) is 3.17. The third-order valence-corrected chi connectivity index (χ3v) is 4.35. The zero-order chi connectivity index (χ0) is 22.0. The second-order valence-corrected chi connectivity index (χ2v) is 6.85. The Morgan fingerprint density at radius 3 is 2.33 bits per heavy atom. The fraction of sp³-hybridized carbons (Fsp3) is 0.364. The first kappa shape index (κ1) is 23.4. The van der Waals surface area contributed by atoms with E-state index in [4.69, 9.17) is 4.74 Å². The molecule has 0 unspecified atom stereocenters. The van der Waals surface area contributed by atoms with Crippen LogP contribution in [0.5, 0.6) is 0 Å². The molecule has 2 amide bonds. The Bertz CT molecular complexity index is 826. The molecule has 0 aliphatic carbocycles. The monoisotopic (exact) mass is 422 g/mol. The van der Waals surface area contributed by atoms with Crippen LogP contribution in [0.3, 0.4) is 0 Å². The van der Waals surface area contributed by atoms with Crippen molar-refractivity contribution in [2.24, 2.45) is 0 Å². The van der Waals surface area contributed by atoms with Crippen molar-refractivity contribution < 1.29 is 27.5 Å². The molecule has 0 fully saturated rings. The molecule has 30 heavy (non-hydrogen) atoms. The Kier molecular flexibility index (Phi) is 8.86. The normalized spacial score (nSPS) is 12.3. The van der Waals surface area contributed by atoms with Gasteiger partial charge in [-0.1, -0.05) is 54.6 Å². The van der Waals surface area contributed by atoms with Gasteiger partial charge < -0.3 is 15.4 Å². The summed E-state index contributed by atoms with van der Waals surface area (Å²) >= 11 is 0. The lowest BCUT2D eigenvalue weighted by Gasteiger charge is -2.18. The number of aryl methyl sites for hydroxylation is 1. The Balaban J connectivity index is 1.89. The summed E-state index contributed by atoms with van der Waals surface area (Å²) in [5.41, 5.74) is 2.02. The van der Waals surface area contributed by atoms with Gasteiger partial charge in [-0.3, -0.25) is 9.59 Å². The summed E-state index contributed by atoms with van der Waals surface area (Å²) in [7, 11) is 1.46. The number of halogens is 3. The second kappa shape index (κ2) is 11.3. The number of nitrogens with one attached hydrogen (secondary N) is 2. The van der Waals surface area contributed by atoms with Crippen molar-refractivity contribution in [2.75, 3.05) is 13.7 Å². The molecule has 2 N–H and O–H groups in total. The van der Waals surface area contributed by atoms with Crippen molar-refractivity contribution in [3.8, 4) is 0 Å². The lowest BCUT2D eigenvalue weighted by Crippen LogP contribution is -2.48. The number of amides is 2. The molecule has 0 spiro atoms. The van der Waals surface area contributed by atoms with Crippen LogP contribution in [0.4, 0.5) is 13.2 Å². The van der Waals surface area contributed by atoms with E-state index in [1.165, 1.54) is 7.05 Å². The van der Waals surface area contributed by atoms with Gasteiger partial charge in [-0.05, 0) is 23.1 Å². The quantitative estimate of drug-likeness (QED) is 0.618. The maximum atomic E-state index is 12.4. The Labute approximate surface area is 173 Å². The molecule has 0 saturated heterocycles. The summed E-state index contributed by atoms with van der Waals surface area (Å²) in [6, 6.07) is 15.0. The number of alkyl halides is 3. The minimum absolute atomic E-state index is 0.00801. The highest BCUT2D eigenvalue weighted by Crippen LogP contribution is 2.22. The van der Waals surface area contributed by atoms with Crippen LogP contribution >= 0.6 is 0 Å². The van der Waals surface area contributed by atoms with Gasteiger partial charge in [0, 0.05) is 13.5 Å². The second-order valence-electron chi connectivity index (χ2n) is 6.85. The zero-order valence-corrected chi connectivity index (χ0v) is 16.7. The third-order valence-electron chi connectivity index (χ3n) is 4.35. The first-order valence-electron chi connectivity index (χ1n) is 9.54. The summed E-state index contributed by atoms with van der Waals surface area (Å²) in [5, 5.41) is 5.10. The van der Waals surface area contributed by atoms with Gasteiger partial charge in [0.2, 0.25) is 11.8 Å². The average molecular weight is 422 g/mol. The molecule has 2 aromatic rings. The van der Waals surface area contributed by atoms with Gasteiger partial charge in [-0.25, -0.2) is 0 Å². The lowest BCUT2D eigenvalue weighted by atomic mass is 10.0. The van der Waals surface area contributed by atoms with E-state index in [2.05, 4.69) is 10.6 Å². The van der Waals surface area contributed by atoms with Crippen LogP contribution in [-0.2, 0) is 33.8 Å². The molecule has 1 atom stereocenters. The minimum Gasteiger partial charge on any atom is -0.374 e. The van der Waals surface area contributed by atoms with Crippen LogP contribution in [0.25, 0.3) is 0 Å². The van der Waals surface area contributed by atoms with Gasteiger partial charge in [-0.2, -0.15) is 13.2 Å². The average Bonchev–Trinajstić information content (AvgIpc) is 2.71. The van der Waals surface area contributed by atoms with Crippen molar-refractivity contribution in [1.29, 1.82) is 0 Å². The number of likely N-dealkylation sites (N-methyl/N-ethyl adjacent to an activating group) is 1. The maximum Gasteiger partial charge on any atom is 0.389 e. The van der Waals surface area contributed by atoms with E-state index in [9.17, 15) is 22.8 Å². The number of hydrogen-bond acceptors (Lipinski definition) is 3. The summed E-state index contributed by atoms with van der Waals surface area (Å²) in [6.45, 7) is 0.289. The highest BCUT2D eigenvalue weighted by molar-refractivity contribution is 5.88. The zero-order valence-electron chi connectivity index (χ0n) is 16.7. The predicted molar refractivity (Wildman–Crippen MR) is 107 cm³/mol. The number of carbonyl (C=O) groups is 2. The molecule has 0 heterocycles. The van der Waals surface area contributed by atoms with E-state index >= 15 is 0 Å². The molecule has 0 saturated carbocycles. The van der Waals surface area contributed by atoms with Crippen LogP contribution in [0.2, 0.25) is 0 Å². The Morgan fingerprint density at radius 2 is 1.67 bits per heavy atom. The van der Waals surface area contributed by atoms with Gasteiger partial charge in [0.15, 0.2) is 0 Å². The standard InChI is InChI=1S/C22H25F3N2O3/c1-26-21(29)19(15-30-14-17-6-3-2-4-7-17)27-20(28)13-18-9-5-8-16(12-18)10-11-22(23,24)25/h2-9,12,19H,10-11,13-15H2,1H3,(H,26,29)(H,27,28)/t19-/m0/s1. The highest BCUT2D eigenvalue weighted by atomic mass is 19.4. The van der Waals surface area contributed by atoms with Crippen molar-refractivity contribution in [3.63, 3.8) is 0 Å². The molecule has 5 nitrogen and oxygen atoms in total. The Morgan fingerprint density at radius 1 is 1.00 bits per heavy atom. The summed E-state index contributed by atoms with van der Waals surface area (Å²) in [6.07, 6.45) is -5.34. The summed E-state index contributed by atoms with van der Waals surface area (Å²) in [5.74, 6) is -0.810. The van der Waals surface area contributed by atoms with Gasteiger partial charge >= 0.3 is 6.18 Å². The van der Waals surface area contributed by atoms with Gasteiger partial charge in [0.05, 0.1) is 19.6 Å². The van der Waals surface area contributed by atoms with Crippen molar-refractivity contribution >= 4 is 11.8 Å². The van der Waals surface area contributed by atoms with Crippen molar-refractivity contribution in [2.45, 2.75) is 38.1 Å². The smallest absolute Gasteiger partial charge is 0.374 e. The van der Waals surface area contributed by atoms with Crippen molar-refractivity contribution in [1.82, 2.24) is 10.6 Å². The molecular weight excluding hydrogens is 397 g/mol. The molecule has 0 aromatic heterocycles. The SMILES string of the molecule is CNC(=O)[C@H](COCc1ccccc1)NC(=O)Cc1cccc(CCC(F)(F)F)c1. The topological polar surface area (TPSA) is 67.4 Å². The van der Waals surface area contributed by atoms with E-state index in [-0.39, 0.29) is 19.4 Å². The van der Waals surface area contributed by atoms with E-state index in [1.54, 1.807) is 24.3 Å². The Hall–Kier alpha value is -2.87. The van der Waals surface area contributed by atoms with Gasteiger partial charge in [-0.15, -0.1) is 0 Å². The fourth-order valence-corrected chi connectivity index (χ4v) is 2.84. The summed E-state index contributed by atoms with van der Waals surface area (Å²) in [4.78, 5) is 24.4. The molecular formula is C22H25F3N2O3. The van der Waals surface area contributed by atoms with Crippen LogP contribution < -0.4 is 10.6 Å². The van der Waals surface area contributed by atoms with E-state index in [0.717, 1.165) is 5.56 Å². The van der Waals surface area contributed by atoms with Crippen LogP contribution in [0.15, 0.2) is 54.6 Å². The van der Waals surface area contributed by atoms with Crippen LogP contribution in [0, 0.1) is 0 Å². The molecule has 0 bridgehead atoms. The molecule has 162 valence electrons. The molecule has 0 aliphatic rings. The van der Waals surface area contributed by atoms with Crippen LogP contribution in [-0.4, -0.2) is 37.7 Å². The fourth-order valence-electron chi connectivity index (χ4n) is 2.84. The molecule has 8 heteroatoms. The molecule has 0 radical (unpaired) electrons. The van der Waals surface area contributed by atoms with E-state index in [0.29, 0.717) is 17.7 Å². The number of rotatable bonds is 10. The maximum absolute atomic E-state index is 12.4. The number of benzene rings is 2. The van der Waals surface area contributed by atoms with Crippen LogP contribution in [0.1, 0.15) is 23.1 Å². The number of ether oxygens (including phenoxy) is 1. The van der Waals surface area contributed by atoms with E-state index < -0.39 is 30.5 Å². The van der Waals surface area contributed by atoms with E-state index in [1.807, 2.05) is 30.3 Å². The van der Waals surface area contributed by atoms with Crippen molar-refractivity contribution in [3.05, 3.63) is 71.3 Å². The number of hydrogen-bond donors (Lipinski definition) is 2. The molecule has 0 aliphatic heterocycles. The molecule has 2 aromatic carbocycles. The number of carbonyl (C=O) groups excluding carboxylic acids is 2. The first-order valence-corrected chi connectivity index (χ1v) is 9.54. The lowest BCUT2D eigenvalue weighted by molar-refractivity contribution is -0.134. The minimum atomic E-state index is -4.23. The largest absolute Gasteiger partial charge is 0.389 e. The molecule has 2 rings (SSSR count). The van der Waals surface area contributed by atoms with Gasteiger partial charge in [0.1, 0.15) is 6.04 Å². The third kappa shape index (κ3) is 8.65. The van der Waals surface area contributed by atoms with Gasteiger partial charge in [0.25, 0.3) is 0 Å². The highest BCUT2D eigenvalue weighted by Gasteiger charge is 2.26. The first-order chi connectivity index (χ1) is 14.3. The summed E-state index contributed by atoms with van der Waals surface area (Å²) < 4.78 is 42.8.